The lowest BCUT2D eigenvalue weighted by Gasteiger charge is -2.18. The SMILES string of the molecule is CCCC/C=C\CCCCCCCC(=O)OCC(COC(=O)CCCCCCC\C=C/C=C\C=C/C=C\CCCCC)OC(=O)CCCCCCCCCCCCCC. The lowest BCUT2D eigenvalue weighted by atomic mass is 10.0. The van der Waals surface area contributed by atoms with Crippen molar-refractivity contribution in [3.8, 4) is 0 Å². The van der Waals surface area contributed by atoms with Crippen LogP contribution in [0.3, 0.4) is 0 Å². The first-order valence-electron chi connectivity index (χ1n) is 24.8. The molecule has 1 atom stereocenters. The molecule has 59 heavy (non-hydrogen) atoms. The Balaban J connectivity index is 4.40. The third-order valence-electron chi connectivity index (χ3n) is 10.6. The van der Waals surface area contributed by atoms with E-state index < -0.39 is 6.10 Å². The number of esters is 3. The molecule has 0 aliphatic rings. The van der Waals surface area contributed by atoms with Crippen molar-refractivity contribution in [3.05, 3.63) is 60.8 Å². The number of carbonyl (C=O) groups excluding carboxylic acids is 3. The van der Waals surface area contributed by atoms with Crippen LogP contribution in [0, 0.1) is 0 Å². The number of ether oxygens (including phenoxy) is 3. The molecule has 0 heterocycles. The van der Waals surface area contributed by atoms with Crippen LogP contribution in [-0.2, 0) is 28.6 Å². The quantitative estimate of drug-likeness (QED) is 0.0200. The van der Waals surface area contributed by atoms with Gasteiger partial charge in [0, 0.05) is 19.3 Å². The van der Waals surface area contributed by atoms with Gasteiger partial charge in [-0.15, -0.1) is 0 Å². The van der Waals surface area contributed by atoms with E-state index in [-0.39, 0.29) is 31.1 Å². The van der Waals surface area contributed by atoms with Crippen molar-refractivity contribution in [2.24, 2.45) is 0 Å². The lowest BCUT2D eigenvalue weighted by molar-refractivity contribution is -0.167. The van der Waals surface area contributed by atoms with E-state index in [0.717, 1.165) is 89.9 Å². The summed E-state index contributed by atoms with van der Waals surface area (Å²) in [4.78, 5) is 37.8. The summed E-state index contributed by atoms with van der Waals surface area (Å²) in [6.07, 6.45) is 57.6. The number of hydrogen-bond donors (Lipinski definition) is 0. The average Bonchev–Trinajstić information content (AvgIpc) is 3.23. The van der Waals surface area contributed by atoms with Gasteiger partial charge < -0.3 is 14.2 Å². The molecular weight excluding hydrogens is 733 g/mol. The van der Waals surface area contributed by atoms with Gasteiger partial charge in [-0.25, -0.2) is 0 Å². The second-order valence-electron chi connectivity index (χ2n) is 16.5. The molecule has 0 bridgehead atoms. The van der Waals surface area contributed by atoms with Crippen LogP contribution < -0.4 is 0 Å². The Hall–Kier alpha value is -2.89. The first-order chi connectivity index (χ1) is 29.0. The van der Waals surface area contributed by atoms with Crippen molar-refractivity contribution in [1.29, 1.82) is 0 Å². The third kappa shape index (κ3) is 46.0. The Labute approximate surface area is 364 Å². The van der Waals surface area contributed by atoms with Crippen LogP contribution in [-0.4, -0.2) is 37.2 Å². The zero-order chi connectivity index (χ0) is 43.0. The van der Waals surface area contributed by atoms with Gasteiger partial charge in [-0.1, -0.05) is 216 Å². The molecule has 6 heteroatoms. The van der Waals surface area contributed by atoms with Gasteiger partial charge in [-0.2, -0.15) is 0 Å². The molecule has 0 amide bonds. The average molecular weight is 825 g/mol. The fraction of sp³-hybridized carbons (Fsp3) is 0.755. The van der Waals surface area contributed by atoms with Gasteiger partial charge in [0.05, 0.1) is 0 Å². The van der Waals surface area contributed by atoms with Crippen LogP contribution in [0.15, 0.2) is 60.8 Å². The highest BCUT2D eigenvalue weighted by atomic mass is 16.6. The van der Waals surface area contributed by atoms with Crippen molar-refractivity contribution < 1.29 is 28.6 Å². The summed E-state index contributed by atoms with van der Waals surface area (Å²) in [6, 6.07) is 0. The normalized spacial score (nSPS) is 12.5. The Bertz CT molecular complexity index is 1090. The minimum Gasteiger partial charge on any atom is -0.462 e. The summed E-state index contributed by atoms with van der Waals surface area (Å²) >= 11 is 0. The molecule has 0 radical (unpaired) electrons. The van der Waals surface area contributed by atoms with E-state index in [4.69, 9.17) is 14.2 Å². The van der Waals surface area contributed by atoms with Gasteiger partial charge in [0.15, 0.2) is 6.10 Å². The second-order valence-corrected chi connectivity index (χ2v) is 16.5. The molecule has 340 valence electrons. The highest BCUT2D eigenvalue weighted by Crippen LogP contribution is 2.14. The molecular formula is C53H92O6. The van der Waals surface area contributed by atoms with E-state index >= 15 is 0 Å². The largest absolute Gasteiger partial charge is 0.462 e. The summed E-state index contributed by atoms with van der Waals surface area (Å²) in [7, 11) is 0. The number of hydrogen-bond acceptors (Lipinski definition) is 6. The van der Waals surface area contributed by atoms with Gasteiger partial charge in [0.1, 0.15) is 13.2 Å². The smallest absolute Gasteiger partial charge is 0.306 e. The fourth-order valence-electron chi connectivity index (χ4n) is 6.79. The minimum atomic E-state index is -0.783. The molecule has 0 spiro atoms. The van der Waals surface area contributed by atoms with Crippen LogP contribution in [0.25, 0.3) is 0 Å². The van der Waals surface area contributed by atoms with Crippen molar-refractivity contribution in [3.63, 3.8) is 0 Å². The summed E-state index contributed by atoms with van der Waals surface area (Å²) in [5, 5.41) is 0. The molecule has 6 nitrogen and oxygen atoms in total. The molecule has 0 aromatic carbocycles. The van der Waals surface area contributed by atoms with E-state index in [1.807, 2.05) is 0 Å². The highest BCUT2D eigenvalue weighted by molar-refractivity contribution is 5.71. The molecule has 0 rings (SSSR count). The molecule has 0 fully saturated rings. The van der Waals surface area contributed by atoms with Crippen LogP contribution in [0.5, 0.6) is 0 Å². The third-order valence-corrected chi connectivity index (χ3v) is 10.6. The zero-order valence-corrected chi connectivity index (χ0v) is 38.8. The van der Waals surface area contributed by atoms with E-state index in [2.05, 4.69) is 81.5 Å². The molecule has 1 unspecified atom stereocenters. The zero-order valence-electron chi connectivity index (χ0n) is 38.8. The predicted octanol–water partition coefficient (Wildman–Crippen LogP) is 16.1. The maximum atomic E-state index is 12.7. The second kappa shape index (κ2) is 47.8. The Morgan fingerprint density at radius 1 is 0.339 bits per heavy atom. The van der Waals surface area contributed by atoms with Crippen molar-refractivity contribution in [2.75, 3.05) is 13.2 Å². The Morgan fingerprint density at radius 2 is 0.644 bits per heavy atom. The van der Waals surface area contributed by atoms with E-state index in [9.17, 15) is 14.4 Å². The summed E-state index contributed by atoms with van der Waals surface area (Å²) in [5.74, 6) is -0.915. The fourth-order valence-corrected chi connectivity index (χ4v) is 6.79. The van der Waals surface area contributed by atoms with Crippen molar-refractivity contribution in [1.82, 2.24) is 0 Å². The van der Waals surface area contributed by atoms with Gasteiger partial charge in [0.25, 0.3) is 0 Å². The Morgan fingerprint density at radius 3 is 1.08 bits per heavy atom. The maximum Gasteiger partial charge on any atom is 0.306 e. The minimum absolute atomic E-state index is 0.0852. The van der Waals surface area contributed by atoms with Crippen molar-refractivity contribution >= 4 is 17.9 Å². The first kappa shape index (κ1) is 56.1. The highest BCUT2D eigenvalue weighted by Gasteiger charge is 2.19. The molecule has 0 saturated carbocycles. The predicted molar refractivity (Wildman–Crippen MR) is 251 cm³/mol. The van der Waals surface area contributed by atoms with Crippen LogP contribution in [0.1, 0.15) is 239 Å². The Kier molecular flexibility index (Phi) is 45.4. The van der Waals surface area contributed by atoms with E-state index in [1.165, 1.54) is 109 Å². The summed E-state index contributed by atoms with van der Waals surface area (Å²) < 4.78 is 16.7. The van der Waals surface area contributed by atoms with E-state index in [1.54, 1.807) is 0 Å². The van der Waals surface area contributed by atoms with Gasteiger partial charge in [-0.3, -0.25) is 14.4 Å². The molecule has 0 aliphatic heterocycles. The van der Waals surface area contributed by atoms with Gasteiger partial charge >= 0.3 is 17.9 Å². The number of allylic oxidation sites excluding steroid dienone is 10. The molecule has 0 saturated heterocycles. The van der Waals surface area contributed by atoms with Crippen LogP contribution in [0.4, 0.5) is 0 Å². The topological polar surface area (TPSA) is 78.9 Å². The molecule has 0 N–H and O–H groups in total. The van der Waals surface area contributed by atoms with Crippen LogP contribution in [0.2, 0.25) is 0 Å². The van der Waals surface area contributed by atoms with Crippen molar-refractivity contribution in [2.45, 2.75) is 245 Å². The number of rotatable bonds is 44. The maximum absolute atomic E-state index is 12.7. The number of unbranched alkanes of at least 4 members (excludes halogenated alkanes) is 26. The summed E-state index contributed by atoms with van der Waals surface area (Å²) in [5.41, 5.74) is 0. The monoisotopic (exact) mass is 825 g/mol. The van der Waals surface area contributed by atoms with Crippen LogP contribution >= 0.6 is 0 Å². The molecule has 0 aromatic rings. The molecule has 0 aliphatic carbocycles. The molecule has 0 aromatic heterocycles. The van der Waals surface area contributed by atoms with Gasteiger partial charge in [-0.05, 0) is 64.2 Å². The lowest BCUT2D eigenvalue weighted by Crippen LogP contribution is -2.30. The first-order valence-corrected chi connectivity index (χ1v) is 24.8. The standard InChI is InChI=1S/C53H92O6/c1-4-7-10-13-16-19-22-24-25-26-27-28-29-32-34-37-40-43-46-52(55)58-49-50(48-57-51(54)45-42-39-36-33-30-21-18-15-12-9-6-3)59-53(56)47-44-41-38-35-31-23-20-17-14-11-8-5-2/h15-16,18-19,22,24-28,50H,4-14,17,20-21,23,29-49H2,1-3H3/b18-15-,19-16-,24-22-,26-25-,28-27-. The van der Waals surface area contributed by atoms with Gasteiger partial charge in [0.2, 0.25) is 0 Å². The van der Waals surface area contributed by atoms with E-state index in [0.29, 0.717) is 19.3 Å². The summed E-state index contributed by atoms with van der Waals surface area (Å²) in [6.45, 7) is 6.53. The number of carbonyl (C=O) groups is 3.